The Morgan fingerprint density at radius 1 is 1.33 bits per heavy atom. The highest BCUT2D eigenvalue weighted by Crippen LogP contribution is 2.43. The SMILES string of the molecule is CCC1(COC2=CC=CC(C)C2(C)CC)COC1. The van der Waals surface area contributed by atoms with Crippen molar-refractivity contribution in [2.75, 3.05) is 19.8 Å². The largest absolute Gasteiger partial charge is 0.497 e. The average molecular weight is 250 g/mol. The van der Waals surface area contributed by atoms with Crippen molar-refractivity contribution < 1.29 is 9.47 Å². The summed E-state index contributed by atoms with van der Waals surface area (Å²) >= 11 is 0. The van der Waals surface area contributed by atoms with Crippen molar-refractivity contribution >= 4 is 0 Å². The smallest absolute Gasteiger partial charge is 0.102 e. The average Bonchev–Trinajstić information content (AvgIpc) is 2.33. The van der Waals surface area contributed by atoms with E-state index in [4.69, 9.17) is 9.47 Å². The van der Waals surface area contributed by atoms with Crippen LogP contribution in [0.25, 0.3) is 0 Å². The van der Waals surface area contributed by atoms with Gasteiger partial charge in [0.25, 0.3) is 0 Å². The molecule has 2 heteroatoms. The van der Waals surface area contributed by atoms with E-state index in [1.54, 1.807) is 0 Å². The van der Waals surface area contributed by atoms with Gasteiger partial charge in [0.15, 0.2) is 0 Å². The number of ether oxygens (including phenoxy) is 2. The highest BCUT2D eigenvalue weighted by molar-refractivity contribution is 5.23. The summed E-state index contributed by atoms with van der Waals surface area (Å²) in [6.07, 6.45) is 8.80. The van der Waals surface area contributed by atoms with Gasteiger partial charge in [-0.25, -0.2) is 0 Å². The fourth-order valence-electron chi connectivity index (χ4n) is 2.66. The Balaban J connectivity index is 2.03. The van der Waals surface area contributed by atoms with Crippen LogP contribution in [0.2, 0.25) is 0 Å². The fourth-order valence-corrected chi connectivity index (χ4v) is 2.66. The molecule has 0 spiro atoms. The summed E-state index contributed by atoms with van der Waals surface area (Å²) in [5, 5.41) is 0. The second kappa shape index (κ2) is 5.08. The molecular formula is C16H26O2. The van der Waals surface area contributed by atoms with Crippen LogP contribution in [0.3, 0.4) is 0 Å². The summed E-state index contributed by atoms with van der Waals surface area (Å²) in [5.74, 6) is 1.69. The summed E-state index contributed by atoms with van der Waals surface area (Å²) in [7, 11) is 0. The van der Waals surface area contributed by atoms with Crippen LogP contribution in [0, 0.1) is 16.7 Å². The van der Waals surface area contributed by atoms with E-state index >= 15 is 0 Å². The lowest BCUT2D eigenvalue weighted by molar-refractivity contribution is -0.146. The molecule has 0 N–H and O–H groups in total. The first-order valence-electron chi connectivity index (χ1n) is 7.16. The third-order valence-electron chi connectivity index (χ3n) is 5.05. The number of rotatable bonds is 5. The molecule has 1 aliphatic heterocycles. The van der Waals surface area contributed by atoms with E-state index in [0.29, 0.717) is 5.92 Å². The molecule has 2 aliphatic rings. The number of hydrogen-bond acceptors (Lipinski definition) is 2. The minimum absolute atomic E-state index is 0.147. The fraction of sp³-hybridized carbons (Fsp3) is 0.750. The standard InChI is InChI=1S/C16H26O2/c1-5-15(4)13(3)8-7-9-14(15)18-12-16(6-2)10-17-11-16/h7-9,13H,5-6,10-12H2,1-4H3. The van der Waals surface area contributed by atoms with Gasteiger partial charge >= 0.3 is 0 Å². The monoisotopic (exact) mass is 250 g/mol. The molecule has 1 aliphatic carbocycles. The molecule has 0 aromatic heterocycles. The van der Waals surface area contributed by atoms with Crippen LogP contribution in [-0.4, -0.2) is 19.8 Å². The normalized spacial score (nSPS) is 33.8. The van der Waals surface area contributed by atoms with Crippen molar-refractivity contribution in [2.24, 2.45) is 16.7 Å². The zero-order valence-electron chi connectivity index (χ0n) is 12.2. The van der Waals surface area contributed by atoms with E-state index in [1.165, 1.54) is 0 Å². The van der Waals surface area contributed by atoms with Gasteiger partial charge in [0.2, 0.25) is 0 Å². The van der Waals surface area contributed by atoms with Gasteiger partial charge in [-0.05, 0) is 24.8 Å². The predicted octanol–water partition coefficient (Wildman–Crippen LogP) is 3.94. The summed E-state index contributed by atoms with van der Waals surface area (Å²) in [6.45, 7) is 11.6. The van der Waals surface area contributed by atoms with Gasteiger partial charge in [0.05, 0.1) is 25.2 Å². The van der Waals surface area contributed by atoms with Crippen LogP contribution < -0.4 is 0 Å². The Bertz CT molecular complexity index is 347. The lowest BCUT2D eigenvalue weighted by Gasteiger charge is -2.43. The molecule has 0 amide bonds. The molecule has 2 rings (SSSR count). The number of allylic oxidation sites excluding steroid dienone is 4. The quantitative estimate of drug-likeness (QED) is 0.736. The lowest BCUT2D eigenvalue weighted by Crippen LogP contribution is -2.46. The Hall–Kier alpha value is -0.760. The Morgan fingerprint density at radius 3 is 2.56 bits per heavy atom. The minimum atomic E-state index is 0.147. The maximum absolute atomic E-state index is 6.19. The molecule has 0 bridgehead atoms. The van der Waals surface area contributed by atoms with Crippen molar-refractivity contribution in [3.8, 4) is 0 Å². The summed E-state index contributed by atoms with van der Waals surface area (Å²) in [4.78, 5) is 0. The van der Waals surface area contributed by atoms with Crippen LogP contribution in [0.1, 0.15) is 40.5 Å². The third-order valence-corrected chi connectivity index (χ3v) is 5.05. The first-order valence-corrected chi connectivity index (χ1v) is 7.16. The van der Waals surface area contributed by atoms with E-state index < -0.39 is 0 Å². The van der Waals surface area contributed by atoms with Crippen LogP contribution in [0.5, 0.6) is 0 Å². The van der Waals surface area contributed by atoms with Crippen molar-refractivity contribution in [3.63, 3.8) is 0 Å². The first-order chi connectivity index (χ1) is 8.56. The summed E-state index contributed by atoms with van der Waals surface area (Å²) in [6, 6.07) is 0. The Morgan fingerprint density at radius 2 is 2.06 bits per heavy atom. The van der Waals surface area contributed by atoms with E-state index in [9.17, 15) is 0 Å². The van der Waals surface area contributed by atoms with E-state index in [-0.39, 0.29) is 10.8 Å². The van der Waals surface area contributed by atoms with Crippen LogP contribution in [-0.2, 0) is 9.47 Å². The topological polar surface area (TPSA) is 18.5 Å². The molecule has 0 aromatic carbocycles. The summed E-state index contributed by atoms with van der Waals surface area (Å²) in [5.41, 5.74) is 0.411. The first kappa shape index (κ1) is 13.7. The van der Waals surface area contributed by atoms with Crippen LogP contribution in [0.15, 0.2) is 24.0 Å². The highest BCUT2D eigenvalue weighted by Gasteiger charge is 2.40. The molecule has 102 valence electrons. The van der Waals surface area contributed by atoms with Gasteiger partial charge in [-0.2, -0.15) is 0 Å². The lowest BCUT2D eigenvalue weighted by atomic mass is 9.72. The second-order valence-electron chi connectivity index (χ2n) is 6.11. The molecule has 2 unspecified atom stereocenters. The van der Waals surface area contributed by atoms with Gasteiger partial charge in [0, 0.05) is 5.41 Å². The molecule has 2 atom stereocenters. The third kappa shape index (κ3) is 2.23. The molecule has 0 aromatic rings. The molecule has 2 nitrogen and oxygen atoms in total. The predicted molar refractivity (Wildman–Crippen MR) is 74.3 cm³/mol. The van der Waals surface area contributed by atoms with Crippen molar-refractivity contribution in [3.05, 3.63) is 24.0 Å². The maximum Gasteiger partial charge on any atom is 0.102 e. The Labute approximate surface area is 111 Å². The van der Waals surface area contributed by atoms with Gasteiger partial charge < -0.3 is 9.47 Å². The van der Waals surface area contributed by atoms with Gasteiger partial charge in [-0.1, -0.05) is 39.8 Å². The van der Waals surface area contributed by atoms with E-state index in [2.05, 4.69) is 45.9 Å². The zero-order chi connectivity index (χ0) is 13.2. The molecule has 1 fully saturated rings. The van der Waals surface area contributed by atoms with E-state index in [1.807, 2.05) is 0 Å². The minimum Gasteiger partial charge on any atom is -0.497 e. The van der Waals surface area contributed by atoms with Crippen molar-refractivity contribution in [1.82, 2.24) is 0 Å². The molecule has 0 radical (unpaired) electrons. The van der Waals surface area contributed by atoms with Gasteiger partial charge in [0.1, 0.15) is 5.76 Å². The summed E-state index contributed by atoms with van der Waals surface area (Å²) < 4.78 is 11.5. The number of hydrogen-bond donors (Lipinski definition) is 0. The van der Waals surface area contributed by atoms with E-state index in [0.717, 1.165) is 38.4 Å². The van der Waals surface area contributed by atoms with Crippen LogP contribution in [0.4, 0.5) is 0 Å². The zero-order valence-corrected chi connectivity index (χ0v) is 12.2. The van der Waals surface area contributed by atoms with Gasteiger partial charge in [-0.15, -0.1) is 0 Å². The molecular weight excluding hydrogens is 224 g/mol. The van der Waals surface area contributed by atoms with Gasteiger partial charge in [-0.3, -0.25) is 0 Å². The maximum atomic E-state index is 6.19. The Kier molecular flexibility index (Phi) is 3.86. The molecule has 18 heavy (non-hydrogen) atoms. The highest BCUT2D eigenvalue weighted by atomic mass is 16.5. The molecule has 0 saturated carbocycles. The van der Waals surface area contributed by atoms with Crippen LogP contribution >= 0.6 is 0 Å². The van der Waals surface area contributed by atoms with Crippen molar-refractivity contribution in [1.29, 1.82) is 0 Å². The molecule has 1 saturated heterocycles. The molecule has 1 heterocycles. The second-order valence-corrected chi connectivity index (χ2v) is 6.11. The van der Waals surface area contributed by atoms with Crippen molar-refractivity contribution in [2.45, 2.75) is 40.5 Å².